The van der Waals surface area contributed by atoms with Crippen LogP contribution in [0, 0.1) is 0 Å². The Bertz CT molecular complexity index is 244. The van der Waals surface area contributed by atoms with Gasteiger partial charge in [-0.25, -0.2) is 9.36 Å². The summed E-state index contributed by atoms with van der Waals surface area (Å²) < 4.78 is 24.2. The van der Waals surface area contributed by atoms with Crippen LogP contribution in [0.2, 0.25) is 0 Å². The number of amides is 2. The second kappa shape index (κ2) is 1.95. The first-order valence-corrected chi connectivity index (χ1v) is 4.41. The molecule has 3 saturated heterocycles. The first-order valence-electron chi connectivity index (χ1n) is 2.95. The van der Waals surface area contributed by atoms with Crippen molar-refractivity contribution in [3.63, 3.8) is 0 Å². The summed E-state index contributed by atoms with van der Waals surface area (Å²) >= 11 is 0. The van der Waals surface area contributed by atoms with Crippen molar-refractivity contribution >= 4 is 13.9 Å². The Hall–Kier alpha value is -0.620. The average Bonchev–Trinajstić information content (AvgIpc) is 1.92. The van der Waals surface area contributed by atoms with Crippen LogP contribution in [-0.4, -0.2) is 22.9 Å². The van der Waals surface area contributed by atoms with E-state index < -0.39 is 13.9 Å². The topological polar surface area (TPSA) is 68.3 Å². The van der Waals surface area contributed by atoms with E-state index in [2.05, 4.69) is 13.9 Å². The molecule has 0 atom stereocenters. The molecular formula is C3H5N2O5P. The lowest BCUT2D eigenvalue weighted by Crippen LogP contribution is -2.53. The van der Waals surface area contributed by atoms with E-state index in [1.54, 1.807) is 6.92 Å². The summed E-state index contributed by atoms with van der Waals surface area (Å²) in [6.07, 6.45) is 0. The second-order valence-electron chi connectivity index (χ2n) is 1.93. The van der Waals surface area contributed by atoms with Crippen molar-refractivity contribution in [2.75, 3.05) is 6.54 Å². The van der Waals surface area contributed by atoms with E-state index in [0.717, 1.165) is 5.06 Å². The van der Waals surface area contributed by atoms with Gasteiger partial charge < -0.3 is 0 Å². The van der Waals surface area contributed by atoms with Crippen molar-refractivity contribution in [2.45, 2.75) is 6.92 Å². The van der Waals surface area contributed by atoms with Gasteiger partial charge in [0.05, 0.1) is 0 Å². The number of carbonyl (C=O) groups excluding carboxylic acids is 1. The van der Waals surface area contributed by atoms with Crippen LogP contribution in [0.5, 0.6) is 0 Å². The van der Waals surface area contributed by atoms with Crippen LogP contribution in [-0.2, 0) is 18.4 Å². The number of hydrogen-bond acceptors (Lipinski definition) is 5. The lowest BCUT2D eigenvalue weighted by Gasteiger charge is -2.42. The summed E-state index contributed by atoms with van der Waals surface area (Å²) in [5, 5.41) is 1.45. The molecule has 0 aromatic carbocycles. The van der Waals surface area contributed by atoms with Crippen LogP contribution in [0.4, 0.5) is 4.79 Å². The number of rotatable bonds is 1. The SMILES string of the molecule is CCN1OP2(=O)ON(O2)C1=O. The highest BCUT2D eigenvalue weighted by atomic mass is 31.2. The fourth-order valence-corrected chi connectivity index (χ4v) is 1.73. The van der Waals surface area contributed by atoms with Gasteiger partial charge in [-0.3, -0.25) is 0 Å². The molecule has 0 radical (unpaired) electrons. The van der Waals surface area contributed by atoms with Crippen molar-refractivity contribution in [1.29, 1.82) is 0 Å². The highest BCUT2D eigenvalue weighted by Gasteiger charge is 2.57. The molecule has 3 fully saturated rings. The molecule has 3 rings (SSSR count). The van der Waals surface area contributed by atoms with Crippen LogP contribution in [0.15, 0.2) is 0 Å². The molecule has 8 heteroatoms. The van der Waals surface area contributed by atoms with Crippen molar-refractivity contribution in [3.8, 4) is 0 Å². The first kappa shape index (κ1) is 7.05. The summed E-state index contributed by atoms with van der Waals surface area (Å²) in [5.41, 5.74) is 0. The standard InChI is InChI=1S/C3H5N2O5P/c1-2-4-3(6)5-9-11(7,8-4)10-5/h2H2,1H3. The number of fused-ring (bicyclic) bond motifs is 2. The quantitative estimate of drug-likeness (QED) is 0.554. The molecule has 0 aromatic rings. The molecule has 0 aliphatic carbocycles. The number of urea groups is 1. The summed E-state index contributed by atoms with van der Waals surface area (Å²) in [7, 11) is -3.42. The van der Waals surface area contributed by atoms with Gasteiger partial charge in [-0.05, 0) is 12.2 Å². The van der Waals surface area contributed by atoms with Crippen molar-refractivity contribution < 1.29 is 23.2 Å². The van der Waals surface area contributed by atoms with Crippen LogP contribution >= 0.6 is 7.82 Å². The van der Waals surface area contributed by atoms with Crippen LogP contribution < -0.4 is 0 Å². The summed E-state index contributed by atoms with van der Waals surface area (Å²) in [6.45, 7) is 1.98. The zero-order chi connectivity index (χ0) is 8.06. The minimum absolute atomic E-state index is 0.298. The Labute approximate surface area is 61.9 Å². The zero-order valence-corrected chi connectivity index (χ0v) is 6.48. The van der Waals surface area contributed by atoms with Gasteiger partial charge in [0.1, 0.15) is 0 Å². The van der Waals surface area contributed by atoms with E-state index in [-0.39, 0.29) is 0 Å². The third-order valence-corrected chi connectivity index (χ3v) is 2.30. The Morgan fingerprint density at radius 2 is 2.09 bits per heavy atom. The highest BCUT2D eigenvalue weighted by molar-refractivity contribution is 7.49. The predicted octanol–water partition coefficient (Wildman–Crippen LogP) is 0.660. The molecule has 2 amide bonds. The molecule has 0 N–H and O–H groups in total. The van der Waals surface area contributed by atoms with Gasteiger partial charge in [0.25, 0.3) is 0 Å². The number of phosphoric acid groups is 1. The van der Waals surface area contributed by atoms with Gasteiger partial charge in [0.2, 0.25) is 0 Å². The monoisotopic (exact) mass is 180 g/mol. The second-order valence-corrected chi connectivity index (χ2v) is 3.31. The fraction of sp³-hybridized carbons (Fsp3) is 0.667. The van der Waals surface area contributed by atoms with Crippen molar-refractivity contribution in [3.05, 3.63) is 0 Å². The van der Waals surface area contributed by atoms with Gasteiger partial charge >= 0.3 is 13.9 Å². The summed E-state index contributed by atoms with van der Waals surface area (Å²) in [5.74, 6) is 0. The molecule has 0 aromatic heterocycles. The average molecular weight is 180 g/mol. The molecule has 0 saturated carbocycles. The van der Waals surface area contributed by atoms with Crippen molar-refractivity contribution in [1.82, 2.24) is 10.3 Å². The van der Waals surface area contributed by atoms with Gasteiger partial charge in [-0.15, -0.1) is 9.25 Å². The molecule has 2 bridgehead atoms. The van der Waals surface area contributed by atoms with E-state index in [1.165, 1.54) is 0 Å². The van der Waals surface area contributed by atoms with Gasteiger partial charge in [0.15, 0.2) is 0 Å². The maximum Gasteiger partial charge on any atom is 0.544 e. The van der Waals surface area contributed by atoms with E-state index in [1.807, 2.05) is 0 Å². The normalized spacial score (nSPS) is 26.8. The molecule has 0 unspecified atom stereocenters. The lowest BCUT2D eigenvalue weighted by atomic mass is 10.7. The van der Waals surface area contributed by atoms with E-state index in [9.17, 15) is 9.36 Å². The Balaban J connectivity index is 2.18. The van der Waals surface area contributed by atoms with Gasteiger partial charge in [-0.1, -0.05) is 0 Å². The largest absolute Gasteiger partial charge is 0.544 e. The first-order chi connectivity index (χ1) is 5.14. The van der Waals surface area contributed by atoms with Gasteiger partial charge in [0, 0.05) is 6.54 Å². The van der Waals surface area contributed by atoms with E-state index >= 15 is 0 Å². The minimum Gasteiger partial charge on any atom is -0.241 e. The number of carbonyl (C=O) groups is 1. The number of hydroxylamine groups is 4. The number of nitrogens with zero attached hydrogens (tertiary/aromatic N) is 2. The Morgan fingerprint density at radius 3 is 2.55 bits per heavy atom. The maximum absolute atomic E-state index is 10.9. The predicted molar refractivity (Wildman–Crippen MR) is 30.5 cm³/mol. The molecule has 3 aliphatic rings. The third-order valence-electron chi connectivity index (χ3n) is 1.20. The summed E-state index contributed by atoms with van der Waals surface area (Å²) in [4.78, 5) is 10.9. The zero-order valence-electron chi connectivity index (χ0n) is 5.59. The molecule has 3 aliphatic heterocycles. The van der Waals surface area contributed by atoms with Crippen molar-refractivity contribution in [2.24, 2.45) is 0 Å². The van der Waals surface area contributed by atoms with Crippen LogP contribution in [0.25, 0.3) is 0 Å². The molecule has 0 spiro atoms. The lowest BCUT2D eigenvalue weighted by molar-refractivity contribution is -0.362. The smallest absolute Gasteiger partial charge is 0.241 e. The third kappa shape index (κ3) is 0.860. The molecule has 62 valence electrons. The molecule has 11 heavy (non-hydrogen) atoms. The Morgan fingerprint density at radius 1 is 1.45 bits per heavy atom. The number of hydrogen-bond donors (Lipinski definition) is 0. The molecule has 3 heterocycles. The summed E-state index contributed by atoms with van der Waals surface area (Å²) in [6, 6.07) is -0.606. The van der Waals surface area contributed by atoms with Gasteiger partial charge in [-0.2, -0.15) is 9.69 Å². The van der Waals surface area contributed by atoms with E-state index in [0.29, 0.717) is 11.8 Å². The van der Waals surface area contributed by atoms with E-state index in [4.69, 9.17) is 0 Å². The Kier molecular flexibility index (Phi) is 1.25. The van der Waals surface area contributed by atoms with Crippen LogP contribution in [0.1, 0.15) is 6.92 Å². The maximum atomic E-state index is 10.9. The molecule has 7 nitrogen and oxygen atoms in total. The highest BCUT2D eigenvalue weighted by Crippen LogP contribution is 2.63. The minimum atomic E-state index is -3.42. The van der Waals surface area contributed by atoms with Crippen LogP contribution in [0.3, 0.4) is 0 Å². The fourth-order valence-electron chi connectivity index (χ4n) is 0.727. The molecular weight excluding hydrogens is 175 g/mol.